The molecule has 66 valence electrons. The van der Waals surface area contributed by atoms with Gasteiger partial charge in [0.05, 0.1) is 11.0 Å². The molecular formula is C7H15NO2S. The quantitative estimate of drug-likeness (QED) is 0.660. The standard InChI is InChI=1S/C7H15NO2S/c1-7(2,8)5-6-3-4-11(6,9)10/h6H,3-5,8H2,1-2H3. The third kappa shape index (κ3) is 2.17. The number of sulfone groups is 1. The average molecular weight is 177 g/mol. The van der Waals surface area contributed by atoms with Crippen LogP contribution in [0.4, 0.5) is 0 Å². The van der Waals surface area contributed by atoms with Gasteiger partial charge in [0.15, 0.2) is 9.84 Å². The molecule has 0 saturated carbocycles. The second-order valence-electron chi connectivity index (χ2n) is 3.97. The lowest BCUT2D eigenvalue weighted by Crippen LogP contribution is -2.45. The third-order valence-electron chi connectivity index (χ3n) is 1.99. The molecule has 1 saturated heterocycles. The van der Waals surface area contributed by atoms with Gasteiger partial charge < -0.3 is 5.73 Å². The summed E-state index contributed by atoms with van der Waals surface area (Å²) in [5, 5.41) is -0.164. The summed E-state index contributed by atoms with van der Waals surface area (Å²) in [4.78, 5) is 0. The maximum Gasteiger partial charge on any atom is 0.153 e. The maximum absolute atomic E-state index is 11.0. The Balaban J connectivity index is 2.54. The molecule has 1 rings (SSSR count). The smallest absolute Gasteiger partial charge is 0.153 e. The van der Waals surface area contributed by atoms with E-state index in [0.717, 1.165) is 6.42 Å². The van der Waals surface area contributed by atoms with Crippen LogP contribution in [0, 0.1) is 0 Å². The molecule has 0 bridgehead atoms. The van der Waals surface area contributed by atoms with E-state index in [1.54, 1.807) is 0 Å². The summed E-state index contributed by atoms with van der Waals surface area (Å²) in [7, 11) is -2.74. The van der Waals surface area contributed by atoms with Crippen molar-refractivity contribution in [3.63, 3.8) is 0 Å². The average Bonchev–Trinajstić information content (AvgIpc) is 1.79. The normalized spacial score (nSPS) is 29.5. The Morgan fingerprint density at radius 3 is 2.18 bits per heavy atom. The van der Waals surface area contributed by atoms with Gasteiger partial charge in [-0.15, -0.1) is 0 Å². The number of nitrogens with two attached hydrogens (primary N) is 1. The molecule has 1 aliphatic rings. The summed E-state index contributed by atoms with van der Waals surface area (Å²) in [6, 6.07) is 0. The van der Waals surface area contributed by atoms with Crippen molar-refractivity contribution in [1.82, 2.24) is 0 Å². The van der Waals surface area contributed by atoms with Crippen LogP contribution in [0.3, 0.4) is 0 Å². The zero-order valence-corrected chi connectivity index (χ0v) is 7.82. The molecule has 0 aromatic heterocycles. The van der Waals surface area contributed by atoms with Gasteiger partial charge >= 0.3 is 0 Å². The first kappa shape index (κ1) is 9.00. The van der Waals surface area contributed by atoms with Crippen molar-refractivity contribution in [1.29, 1.82) is 0 Å². The second-order valence-corrected chi connectivity index (χ2v) is 6.37. The summed E-state index contributed by atoms with van der Waals surface area (Å²) in [5.41, 5.74) is 5.35. The molecule has 0 amide bonds. The van der Waals surface area contributed by atoms with Crippen LogP contribution in [0.2, 0.25) is 0 Å². The number of rotatable bonds is 2. The number of hydrogen-bond acceptors (Lipinski definition) is 3. The van der Waals surface area contributed by atoms with Gasteiger partial charge in [0, 0.05) is 5.54 Å². The van der Waals surface area contributed by atoms with E-state index in [1.165, 1.54) is 0 Å². The van der Waals surface area contributed by atoms with E-state index in [-0.39, 0.29) is 10.8 Å². The molecule has 0 aliphatic carbocycles. The molecular weight excluding hydrogens is 162 g/mol. The van der Waals surface area contributed by atoms with E-state index in [1.807, 2.05) is 13.8 Å². The van der Waals surface area contributed by atoms with Crippen LogP contribution >= 0.6 is 0 Å². The third-order valence-corrected chi connectivity index (χ3v) is 4.21. The van der Waals surface area contributed by atoms with Crippen molar-refractivity contribution in [3.05, 3.63) is 0 Å². The molecule has 11 heavy (non-hydrogen) atoms. The van der Waals surface area contributed by atoms with Crippen LogP contribution in [0.5, 0.6) is 0 Å². The fourth-order valence-electron chi connectivity index (χ4n) is 1.29. The lowest BCUT2D eigenvalue weighted by atomic mass is 9.98. The first-order valence-corrected chi connectivity index (χ1v) is 5.53. The fraction of sp³-hybridized carbons (Fsp3) is 1.00. The minimum absolute atomic E-state index is 0.164. The van der Waals surface area contributed by atoms with Crippen LogP contribution in [0.1, 0.15) is 26.7 Å². The fourth-order valence-corrected chi connectivity index (χ4v) is 2.93. The van der Waals surface area contributed by atoms with Gasteiger partial charge in [-0.1, -0.05) is 0 Å². The predicted molar refractivity (Wildman–Crippen MR) is 45.1 cm³/mol. The lowest BCUT2D eigenvalue weighted by molar-refractivity contribution is 0.431. The summed E-state index contributed by atoms with van der Waals surface area (Å²) in [6.07, 6.45) is 1.39. The molecule has 3 nitrogen and oxygen atoms in total. The van der Waals surface area contributed by atoms with E-state index in [2.05, 4.69) is 0 Å². The van der Waals surface area contributed by atoms with Crippen molar-refractivity contribution in [2.45, 2.75) is 37.5 Å². The minimum atomic E-state index is -2.74. The Kier molecular flexibility index (Phi) is 2.01. The van der Waals surface area contributed by atoms with Gasteiger partial charge in [0.2, 0.25) is 0 Å². The van der Waals surface area contributed by atoms with E-state index in [0.29, 0.717) is 12.2 Å². The van der Waals surface area contributed by atoms with Crippen LogP contribution in [0.25, 0.3) is 0 Å². The van der Waals surface area contributed by atoms with Gasteiger partial charge in [0.1, 0.15) is 0 Å². The van der Waals surface area contributed by atoms with E-state index < -0.39 is 9.84 Å². The molecule has 2 N–H and O–H groups in total. The Morgan fingerprint density at radius 1 is 1.55 bits per heavy atom. The highest BCUT2D eigenvalue weighted by molar-refractivity contribution is 7.93. The summed E-state index contributed by atoms with van der Waals surface area (Å²) in [6.45, 7) is 3.72. The monoisotopic (exact) mass is 177 g/mol. The van der Waals surface area contributed by atoms with Gasteiger partial charge in [-0.3, -0.25) is 0 Å². The van der Waals surface area contributed by atoms with Gasteiger partial charge in [0.25, 0.3) is 0 Å². The molecule has 4 heteroatoms. The molecule has 0 radical (unpaired) electrons. The maximum atomic E-state index is 11.0. The SMILES string of the molecule is CC(C)(N)CC1CCS1(=O)=O. The lowest BCUT2D eigenvalue weighted by Gasteiger charge is -2.31. The Bertz CT molecular complexity index is 238. The van der Waals surface area contributed by atoms with E-state index >= 15 is 0 Å². The predicted octanol–water partition coefficient (Wildman–Crippen LogP) is 0.301. The second kappa shape index (κ2) is 2.45. The van der Waals surface area contributed by atoms with Crippen LogP contribution in [0.15, 0.2) is 0 Å². The highest BCUT2D eigenvalue weighted by atomic mass is 32.2. The molecule has 0 aromatic carbocycles. The molecule has 1 aliphatic heterocycles. The van der Waals surface area contributed by atoms with Gasteiger partial charge in [-0.2, -0.15) is 0 Å². The highest BCUT2D eigenvalue weighted by Gasteiger charge is 2.37. The van der Waals surface area contributed by atoms with E-state index in [4.69, 9.17) is 5.73 Å². The Morgan fingerprint density at radius 2 is 2.09 bits per heavy atom. The van der Waals surface area contributed by atoms with E-state index in [9.17, 15) is 8.42 Å². The summed E-state index contributed by atoms with van der Waals surface area (Å²) < 4.78 is 22.1. The zero-order valence-electron chi connectivity index (χ0n) is 7.00. The van der Waals surface area contributed by atoms with Gasteiger partial charge in [-0.25, -0.2) is 8.42 Å². The Hall–Kier alpha value is -0.0900. The van der Waals surface area contributed by atoms with Crippen molar-refractivity contribution in [2.75, 3.05) is 5.75 Å². The van der Waals surface area contributed by atoms with Crippen LogP contribution < -0.4 is 5.73 Å². The first-order chi connectivity index (χ1) is 4.81. The Labute approximate surface area is 67.9 Å². The summed E-state index contributed by atoms with van der Waals surface area (Å²) in [5.74, 6) is 0.355. The molecule has 0 aromatic rings. The molecule has 1 atom stereocenters. The molecule has 1 fully saturated rings. The van der Waals surface area contributed by atoms with Crippen molar-refractivity contribution in [2.24, 2.45) is 5.73 Å². The first-order valence-electron chi connectivity index (χ1n) is 3.82. The van der Waals surface area contributed by atoms with Crippen molar-refractivity contribution in [3.8, 4) is 0 Å². The molecule has 0 spiro atoms. The summed E-state index contributed by atoms with van der Waals surface area (Å²) >= 11 is 0. The number of hydrogen-bond donors (Lipinski definition) is 1. The highest BCUT2D eigenvalue weighted by Crippen LogP contribution is 2.27. The minimum Gasteiger partial charge on any atom is -0.326 e. The molecule has 1 heterocycles. The van der Waals surface area contributed by atoms with Crippen LogP contribution in [-0.4, -0.2) is 25.0 Å². The topological polar surface area (TPSA) is 60.2 Å². The van der Waals surface area contributed by atoms with Crippen molar-refractivity contribution >= 4 is 9.84 Å². The van der Waals surface area contributed by atoms with Crippen LogP contribution in [-0.2, 0) is 9.84 Å². The van der Waals surface area contributed by atoms with Crippen molar-refractivity contribution < 1.29 is 8.42 Å². The largest absolute Gasteiger partial charge is 0.326 e. The molecule has 1 unspecified atom stereocenters. The van der Waals surface area contributed by atoms with Gasteiger partial charge in [-0.05, 0) is 26.7 Å². The zero-order chi connectivity index (χ0) is 8.70.